The number of carboxylic acid groups (broad SMARTS) is 1. The van der Waals surface area contributed by atoms with E-state index in [0.717, 1.165) is 7.11 Å². The Balaban J connectivity index is 5.03. The van der Waals surface area contributed by atoms with Gasteiger partial charge in [-0.25, -0.2) is 9.69 Å². The number of allylic oxidation sites excluding steroid dienone is 1. The Hall–Kier alpha value is -1.85. The molecule has 0 unspecified atom stereocenters. The molecule has 0 saturated carbocycles. The number of amides is 2. The van der Waals surface area contributed by atoms with E-state index >= 15 is 0 Å². The molecule has 0 fully saturated rings. The van der Waals surface area contributed by atoms with Crippen LogP contribution in [0.4, 0.5) is 4.79 Å². The summed E-state index contributed by atoms with van der Waals surface area (Å²) in [5.74, 6) is -1.89. The number of carboxylic acids is 1. The SMILES string of the molecule is CC/C=C(\CC)C(=O)N(CC(=O)O)C(=O)OC. The molecule has 0 radical (unpaired) electrons. The lowest BCUT2D eigenvalue weighted by Gasteiger charge is -2.18. The summed E-state index contributed by atoms with van der Waals surface area (Å²) in [4.78, 5) is 34.4. The van der Waals surface area contributed by atoms with Gasteiger partial charge >= 0.3 is 12.1 Å². The molecule has 6 heteroatoms. The first-order chi connectivity index (χ1) is 7.97. The van der Waals surface area contributed by atoms with Gasteiger partial charge < -0.3 is 9.84 Å². The number of carbonyl (C=O) groups is 3. The summed E-state index contributed by atoms with van der Waals surface area (Å²) >= 11 is 0. The zero-order valence-electron chi connectivity index (χ0n) is 10.2. The van der Waals surface area contributed by atoms with Crippen molar-refractivity contribution in [2.24, 2.45) is 0 Å². The van der Waals surface area contributed by atoms with Crippen molar-refractivity contribution in [3.05, 3.63) is 11.6 Å². The van der Waals surface area contributed by atoms with E-state index < -0.39 is 24.5 Å². The van der Waals surface area contributed by atoms with Crippen molar-refractivity contribution in [3.63, 3.8) is 0 Å². The first-order valence-corrected chi connectivity index (χ1v) is 5.28. The molecule has 0 aliphatic rings. The summed E-state index contributed by atoms with van der Waals surface area (Å²) in [6, 6.07) is 0. The Morgan fingerprint density at radius 2 is 1.88 bits per heavy atom. The van der Waals surface area contributed by atoms with Gasteiger partial charge in [-0.05, 0) is 12.8 Å². The smallest absolute Gasteiger partial charge is 0.417 e. The van der Waals surface area contributed by atoms with Crippen molar-refractivity contribution in [1.29, 1.82) is 0 Å². The van der Waals surface area contributed by atoms with E-state index in [1.54, 1.807) is 13.0 Å². The van der Waals surface area contributed by atoms with Crippen LogP contribution in [-0.4, -0.2) is 41.6 Å². The van der Waals surface area contributed by atoms with Gasteiger partial charge in [0.1, 0.15) is 6.54 Å². The predicted octanol–water partition coefficient (Wildman–Crippen LogP) is 1.41. The fourth-order valence-corrected chi connectivity index (χ4v) is 1.27. The highest BCUT2D eigenvalue weighted by atomic mass is 16.5. The lowest BCUT2D eigenvalue weighted by molar-refractivity contribution is -0.142. The van der Waals surface area contributed by atoms with E-state index in [2.05, 4.69) is 4.74 Å². The van der Waals surface area contributed by atoms with Crippen LogP contribution in [0.15, 0.2) is 11.6 Å². The van der Waals surface area contributed by atoms with Crippen molar-refractivity contribution in [2.75, 3.05) is 13.7 Å². The van der Waals surface area contributed by atoms with E-state index in [-0.39, 0.29) is 0 Å². The number of methoxy groups -OCH3 is 1. The maximum atomic E-state index is 11.9. The van der Waals surface area contributed by atoms with E-state index in [1.807, 2.05) is 6.92 Å². The van der Waals surface area contributed by atoms with Gasteiger partial charge in [-0.2, -0.15) is 0 Å². The molecular formula is C11H17NO5. The Labute approximate surface area is 99.9 Å². The molecule has 0 aliphatic carbocycles. The topological polar surface area (TPSA) is 83.9 Å². The maximum Gasteiger partial charge on any atom is 0.417 e. The third-order valence-corrected chi connectivity index (χ3v) is 2.04. The van der Waals surface area contributed by atoms with Crippen LogP contribution in [0.2, 0.25) is 0 Å². The van der Waals surface area contributed by atoms with E-state index in [4.69, 9.17) is 5.11 Å². The highest BCUT2D eigenvalue weighted by Gasteiger charge is 2.26. The molecule has 0 atom stereocenters. The highest BCUT2D eigenvalue weighted by molar-refractivity contribution is 6.04. The van der Waals surface area contributed by atoms with Crippen LogP contribution >= 0.6 is 0 Å². The minimum Gasteiger partial charge on any atom is -0.480 e. The quantitative estimate of drug-likeness (QED) is 0.738. The number of aliphatic carboxylic acids is 1. The minimum atomic E-state index is -1.27. The molecule has 1 N–H and O–H groups in total. The molecular weight excluding hydrogens is 226 g/mol. The molecule has 0 saturated heterocycles. The first kappa shape index (κ1) is 15.2. The Morgan fingerprint density at radius 1 is 1.29 bits per heavy atom. The summed E-state index contributed by atoms with van der Waals surface area (Å²) in [6.07, 6.45) is 1.77. The summed E-state index contributed by atoms with van der Waals surface area (Å²) in [6.45, 7) is 2.91. The third kappa shape index (κ3) is 4.67. The molecule has 0 rings (SSSR count). The molecule has 0 bridgehead atoms. The van der Waals surface area contributed by atoms with Crippen LogP contribution in [0.3, 0.4) is 0 Å². The fraction of sp³-hybridized carbons (Fsp3) is 0.545. The maximum absolute atomic E-state index is 11.9. The van der Waals surface area contributed by atoms with Crippen molar-refractivity contribution in [3.8, 4) is 0 Å². The molecule has 0 heterocycles. The van der Waals surface area contributed by atoms with Crippen LogP contribution in [0.5, 0.6) is 0 Å². The zero-order chi connectivity index (χ0) is 13.4. The Bertz CT molecular complexity index is 335. The van der Waals surface area contributed by atoms with E-state index in [0.29, 0.717) is 23.3 Å². The summed E-state index contributed by atoms with van der Waals surface area (Å²) in [5, 5.41) is 8.64. The van der Waals surface area contributed by atoms with Crippen LogP contribution in [0, 0.1) is 0 Å². The van der Waals surface area contributed by atoms with Crippen molar-refractivity contribution >= 4 is 18.0 Å². The monoisotopic (exact) mass is 243 g/mol. The summed E-state index contributed by atoms with van der Waals surface area (Å²) < 4.78 is 4.38. The molecule has 17 heavy (non-hydrogen) atoms. The largest absolute Gasteiger partial charge is 0.480 e. The molecule has 0 aliphatic heterocycles. The second-order valence-electron chi connectivity index (χ2n) is 3.25. The van der Waals surface area contributed by atoms with Crippen LogP contribution in [0.1, 0.15) is 26.7 Å². The molecule has 0 aromatic rings. The van der Waals surface area contributed by atoms with Gasteiger partial charge in [0.25, 0.3) is 5.91 Å². The van der Waals surface area contributed by atoms with E-state index in [1.165, 1.54) is 0 Å². The third-order valence-electron chi connectivity index (χ3n) is 2.04. The van der Waals surface area contributed by atoms with Crippen molar-refractivity contribution < 1.29 is 24.2 Å². The Kier molecular flexibility index (Phi) is 6.62. The van der Waals surface area contributed by atoms with Gasteiger partial charge in [-0.15, -0.1) is 0 Å². The fourth-order valence-electron chi connectivity index (χ4n) is 1.27. The minimum absolute atomic E-state index is 0.402. The van der Waals surface area contributed by atoms with Crippen LogP contribution in [0.25, 0.3) is 0 Å². The second kappa shape index (κ2) is 7.43. The van der Waals surface area contributed by atoms with E-state index in [9.17, 15) is 14.4 Å². The Morgan fingerprint density at radius 3 is 2.24 bits per heavy atom. The van der Waals surface area contributed by atoms with Crippen molar-refractivity contribution in [1.82, 2.24) is 4.90 Å². The lowest BCUT2D eigenvalue weighted by atomic mass is 10.1. The normalized spacial score (nSPS) is 10.9. The summed E-state index contributed by atoms with van der Waals surface area (Å²) in [5.41, 5.74) is 0.402. The number of imide groups is 1. The van der Waals surface area contributed by atoms with Crippen LogP contribution in [-0.2, 0) is 14.3 Å². The molecule has 0 aromatic heterocycles. The van der Waals surface area contributed by atoms with Gasteiger partial charge in [0, 0.05) is 5.57 Å². The van der Waals surface area contributed by atoms with Gasteiger partial charge in [0.05, 0.1) is 7.11 Å². The molecule has 6 nitrogen and oxygen atoms in total. The number of rotatable bonds is 5. The molecule has 0 aromatic carbocycles. The first-order valence-electron chi connectivity index (χ1n) is 5.28. The van der Waals surface area contributed by atoms with Gasteiger partial charge in [-0.3, -0.25) is 9.59 Å². The summed E-state index contributed by atoms with van der Waals surface area (Å²) in [7, 11) is 1.10. The number of ether oxygens (including phenoxy) is 1. The van der Waals surface area contributed by atoms with Gasteiger partial charge in [0.2, 0.25) is 0 Å². The molecule has 0 spiro atoms. The van der Waals surface area contributed by atoms with Gasteiger partial charge in [-0.1, -0.05) is 19.9 Å². The average molecular weight is 243 g/mol. The standard InChI is InChI=1S/C11H17NO5/c1-4-6-8(5-2)10(15)12(7-9(13)14)11(16)17-3/h6H,4-5,7H2,1-3H3,(H,13,14)/b8-6+. The average Bonchev–Trinajstić information content (AvgIpc) is 2.31. The molecule has 2 amide bonds. The second-order valence-corrected chi connectivity index (χ2v) is 3.25. The number of hydrogen-bond donors (Lipinski definition) is 1. The zero-order valence-corrected chi connectivity index (χ0v) is 10.2. The van der Waals surface area contributed by atoms with Gasteiger partial charge in [0.15, 0.2) is 0 Å². The number of carbonyl (C=O) groups excluding carboxylic acids is 2. The number of nitrogens with zero attached hydrogens (tertiary/aromatic N) is 1. The molecule has 96 valence electrons. The van der Waals surface area contributed by atoms with Crippen molar-refractivity contribution in [2.45, 2.75) is 26.7 Å². The predicted molar refractivity (Wildman–Crippen MR) is 60.4 cm³/mol. The lowest BCUT2D eigenvalue weighted by Crippen LogP contribution is -2.41. The van der Waals surface area contributed by atoms with Crippen LogP contribution < -0.4 is 0 Å². The highest BCUT2D eigenvalue weighted by Crippen LogP contribution is 2.09. The number of hydrogen-bond acceptors (Lipinski definition) is 4.